The Bertz CT molecular complexity index is 226. The molecule has 1 saturated carbocycles. The molecule has 1 aliphatic heterocycles. The fraction of sp³-hybridized carbons (Fsp3) is 0.800. The molecule has 2 fully saturated rings. The third kappa shape index (κ3) is 1.41. The van der Waals surface area contributed by atoms with Crippen molar-refractivity contribution in [3.63, 3.8) is 0 Å². The van der Waals surface area contributed by atoms with Crippen molar-refractivity contribution in [3.05, 3.63) is 12.2 Å². The topological polar surface area (TPSA) is 42.0 Å². The second-order valence-electron chi connectivity index (χ2n) is 3.95. The summed E-state index contributed by atoms with van der Waals surface area (Å²) in [5.74, 6) is 0. The van der Waals surface area contributed by atoms with Gasteiger partial charge in [0.15, 0.2) is 0 Å². The van der Waals surface area contributed by atoms with E-state index in [1.165, 1.54) is 0 Å². The van der Waals surface area contributed by atoms with E-state index in [9.17, 15) is 5.11 Å². The molecule has 1 spiro atoms. The van der Waals surface area contributed by atoms with Crippen LogP contribution in [0.2, 0.25) is 0 Å². The minimum atomic E-state index is -0.242. The van der Waals surface area contributed by atoms with Gasteiger partial charge in [-0.05, 0) is 18.4 Å². The molecule has 0 bridgehead atoms. The Morgan fingerprint density at radius 1 is 1.77 bits per heavy atom. The molecular formula is C10H16O3. The van der Waals surface area contributed by atoms with Gasteiger partial charge >= 0.3 is 0 Å². The molecule has 74 valence electrons. The van der Waals surface area contributed by atoms with E-state index in [0.717, 1.165) is 18.4 Å². The van der Waals surface area contributed by atoms with Crippen LogP contribution in [0.25, 0.3) is 0 Å². The van der Waals surface area contributed by atoms with Crippen molar-refractivity contribution in [2.75, 3.05) is 13.7 Å². The van der Waals surface area contributed by atoms with Gasteiger partial charge in [0.1, 0.15) is 11.7 Å². The Labute approximate surface area is 78.3 Å². The van der Waals surface area contributed by atoms with E-state index in [2.05, 4.69) is 6.58 Å². The number of hydrogen-bond donors (Lipinski definition) is 1. The maximum Gasteiger partial charge on any atom is 0.120 e. The van der Waals surface area contributed by atoms with Crippen LogP contribution in [0, 0.1) is 0 Å². The number of ether oxygens (including phenoxy) is 2. The molecule has 0 aromatic heterocycles. The molecule has 2 rings (SSSR count). The second kappa shape index (κ2) is 3.08. The van der Waals surface area contributed by atoms with Crippen LogP contribution in [-0.4, -0.2) is 36.6 Å². The third-order valence-electron chi connectivity index (χ3n) is 3.05. The zero-order chi connectivity index (χ0) is 9.47. The first-order chi connectivity index (χ1) is 6.19. The Hall–Kier alpha value is -0.380. The average molecular weight is 184 g/mol. The average Bonchev–Trinajstić information content (AvgIpc) is 2.74. The Kier molecular flexibility index (Phi) is 2.18. The van der Waals surface area contributed by atoms with Crippen LogP contribution in [0.3, 0.4) is 0 Å². The highest BCUT2D eigenvalue weighted by atomic mass is 16.6. The van der Waals surface area contributed by atoms with Gasteiger partial charge in [0.25, 0.3) is 0 Å². The molecule has 1 aliphatic carbocycles. The summed E-state index contributed by atoms with van der Waals surface area (Å²) >= 11 is 0. The summed E-state index contributed by atoms with van der Waals surface area (Å²) in [5, 5.41) is 9.53. The van der Waals surface area contributed by atoms with Crippen LogP contribution in [-0.2, 0) is 9.47 Å². The van der Waals surface area contributed by atoms with Crippen molar-refractivity contribution in [1.29, 1.82) is 0 Å². The van der Waals surface area contributed by atoms with E-state index in [0.29, 0.717) is 13.0 Å². The molecule has 13 heavy (non-hydrogen) atoms. The summed E-state index contributed by atoms with van der Waals surface area (Å²) in [4.78, 5) is 0. The third-order valence-corrected chi connectivity index (χ3v) is 3.05. The van der Waals surface area contributed by atoms with Crippen LogP contribution < -0.4 is 0 Å². The van der Waals surface area contributed by atoms with Gasteiger partial charge in [0, 0.05) is 13.5 Å². The number of aliphatic hydroxyl groups is 1. The van der Waals surface area contributed by atoms with Gasteiger partial charge in [-0.25, -0.2) is 0 Å². The van der Waals surface area contributed by atoms with Crippen LogP contribution in [0.4, 0.5) is 0 Å². The van der Waals surface area contributed by atoms with Gasteiger partial charge in [-0.1, -0.05) is 6.58 Å². The minimum absolute atomic E-state index is 0.125. The van der Waals surface area contributed by atoms with E-state index >= 15 is 0 Å². The molecule has 2 aliphatic rings. The van der Waals surface area contributed by atoms with Crippen molar-refractivity contribution >= 4 is 0 Å². The van der Waals surface area contributed by atoms with Crippen molar-refractivity contribution in [2.45, 2.75) is 37.1 Å². The molecule has 0 radical (unpaired) electrons. The quantitative estimate of drug-likeness (QED) is 0.511. The lowest BCUT2D eigenvalue weighted by atomic mass is 9.81. The molecule has 1 N–H and O–H groups in total. The van der Waals surface area contributed by atoms with Gasteiger partial charge in [-0.2, -0.15) is 0 Å². The standard InChI is InChI=1S/C10H16O3/c1-7-3-4-8(11)5-10(7)9(13-10)6-12-2/h8-9,11H,1,3-6H2,2H3/t8?,9-,10?/m0/s1. The largest absolute Gasteiger partial charge is 0.393 e. The summed E-state index contributed by atoms with van der Waals surface area (Å²) in [5.41, 5.74) is 0.882. The normalized spacial score (nSPS) is 44.0. The van der Waals surface area contributed by atoms with Crippen molar-refractivity contribution in [3.8, 4) is 0 Å². The lowest BCUT2D eigenvalue weighted by Gasteiger charge is -2.26. The van der Waals surface area contributed by atoms with Crippen LogP contribution in [0.1, 0.15) is 19.3 Å². The van der Waals surface area contributed by atoms with Gasteiger partial charge in [-0.15, -0.1) is 0 Å². The van der Waals surface area contributed by atoms with E-state index in [1.807, 2.05) is 0 Å². The van der Waals surface area contributed by atoms with E-state index in [1.54, 1.807) is 7.11 Å². The summed E-state index contributed by atoms with van der Waals surface area (Å²) in [6.07, 6.45) is 2.29. The molecule has 3 nitrogen and oxygen atoms in total. The molecule has 0 aromatic rings. The smallest absolute Gasteiger partial charge is 0.120 e. The zero-order valence-corrected chi connectivity index (χ0v) is 7.95. The molecule has 3 heteroatoms. The van der Waals surface area contributed by atoms with Gasteiger partial charge in [0.05, 0.1) is 12.7 Å². The summed E-state index contributed by atoms with van der Waals surface area (Å²) in [7, 11) is 1.66. The number of epoxide rings is 1. The number of methoxy groups -OCH3 is 1. The Morgan fingerprint density at radius 3 is 3.23 bits per heavy atom. The van der Waals surface area contributed by atoms with E-state index in [4.69, 9.17) is 9.47 Å². The molecule has 3 atom stereocenters. The number of aliphatic hydroxyl groups excluding tert-OH is 1. The monoisotopic (exact) mass is 184 g/mol. The molecule has 1 heterocycles. The van der Waals surface area contributed by atoms with Gasteiger partial charge in [0.2, 0.25) is 0 Å². The minimum Gasteiger partial charge on any atom is -0.393 e. The first-order valence-electron chi connectivity index (χ1n) is 4.72. The maximum atomic E-state index is 9.53. The molecular weight excluding hydrogens is 168 g/mol. The maximum absolute atomic E-state index is 9.53. The summed E-state index contributed by atoms with van der Waals surface area (Å²) in [6.45, 7) is 4.61. The SMILES string of the molecule is C=C1CCC(O)CC12O[C@H]2COC. The van der Waals surface area contributed by atoms with E-state index < -0.39 is 0 Å². The lowest BCUT2D eigenvalue weighted by Crippen LogP contribution is -2.31. The van der Waals surface area contributed by atoms with Crippen molar-refractivity contribution in [1.82, 2.24) is 0 Å². The highest BCUT2D eigenvalue weighted by Gasteiger charge is 2.60. The Balaban J connectivity index is 2.01. The number of hydrogen-bond acceptors (Lipinski definition) is 3. The molecule has 2 unspecified atom stereocenters. The van der Waals surface area contributed by atoms with Crippen LogP contribution in [0.5, 0.6) is 0 Å². The van der Waals surface area contributed by atoms with Gasteiger partial charge in [-0.3, -0.25) is 0 Å². The van der Waals surface area contributed by atoms with E-state index in [-0.39, 0.29) is 17.8 Å². The summed E-state index contributed by atoms with van der Waals surface area (Å²) < 4.78 is 10.6. The first kappa shape index (κ1) is 9.19. The van der Waals surface area contributed by atoms with Crippen molar-refractivity contribution < 1.29 is 14.6 Å². The predicted octanol–water partition coefficient (Wildman–Crippen LogP) is 0.871. The highest BCUT2D eigenvalue weighted by molar-refractivity contribution is 5.28. The fourth-order valence-corrected chi connectivity index (χ4v) is 2.18. The van der Waals surface area contributed by atoms with Crippen LogP contribution in [0.15, 0.2) is 12.2 Å². The van der Waals surface area contributed by atoms with Crippen LogP contribution >= 0.6 is 0 Å². The highest BCUT2D eigenvalue weighted by Crippen LogP contribution is 2.50. The first-order valence-corrected chi connectivity index (χ1v) is 4.72. The fourth-order valence-electron chi connectivity index (χ4n) is 2.18. The summed E-state index contributed by atoms with van der Waals surface area (Å²) in [6, 6.07) is 0. The van der Waals surface area contributed by atoms with Gasteiger partial charge < -0.3 is 14.6 Å². The molecule has 0 amide bonds. The lowest BCUT2D eigenvalue weighted by molar-refractivity contribution is 0.107. The zero-order valence-electron chi connectivity index (χ0n) is 7.95. The second-order valence-corrected chi connectivity index (χ2v) is 3.95. The molecule has 0 aromatic carbocycles. The number of rotatable bonds is 2. The predicted molar refractivity (Wildman–Crippen MR) is 48.5 cm³/mol. The Morgan fingerprint density at radius 2 is 2.54 bits per heavy atom. The molecule has 1 saturated heterocycles. The van der Waals surface area contributed by atoms with Crippen molar-refractivity contribution in [2.24, 2.45) is 0 Å².